The minimum atomic E-state index is -0.737. The van der Waals surface area contributed by atoms with E-state index in [1.165, 1.54) is 0 Å². The lowest BCUT2D eigenvalue weighted by Crippen LogP contribution is -2.52. The highest BCUT2D eigenvalue weighted by molar-refractivity contribution is 5.75. The minimum absolute atomic E-state index is 0.110. The van der Waals surface area contributed by atoms with Crippen LogP contribution in [-0.2, 0) is 9.53 Å². The molecule has 20 heavy (non-hydrogen) atoms. The Bertz CT molecular complexity index is 381. The summed E-state index contributed by atoms with van der Waals surface area (Å²) in [4.78, 5) is 27.0. The van der Waals surface area contributed by atoms with Gasteiger partial charge in [-0.15, -0.1) is 0 Å². The summed E-state index contributed by atoms with van der Waals surface area (Å²) < 4.78 is 5.75. The molecule has 6 heteroatoms. The Morgan fingerprint density at radius 1 is 1.00 bits per heavy atom. The molecular formula is C14H22N2O4. The van der Waals surface area contributed by atoms with Crippen molar-refractivity contribution in [2.24, 2.45) is 5.92 Å². The first-order valence-electron chi connectivity index (χ1n) is 7.53. The number of hydrogen-bond acceptors (Lipinski definition) is 3. The van der Waals surface area contributed by atoms with Gasteiger partial charge in [0.25, 0.3) is 0 Å². The summed E-state index contributed by atoms with van der Waals surface area (Å²) in [6, 6.07) is 0.110. The maximum atomic E-state index is 12.5. The molecule has 3 saturated heterocycles. The van der Waals surface area contributed by atoms with Crippen LogP contribution in [0.3, 0.4) is 0 Å². The minimum Gasteiger partial charge on any atom is -0.481 e. The standard InChI is InChI=1S/C14H22N2O4/c17-13(18)7-10-3-5-15(6-4-10)14(19)16-8-11-1-2-12(9-16)20-11/h10-12H,1-9H2,(H,17,18). The van der Waals surface area contributed by atoms with E-state index in [9.17, 15) is 9.59 Å². The average Bonchev–Trinajstić information content (AvgIpc) is 2.77. The van der Waals surface area contributed by atoms with Gasteiger partial charge in [-0.1, -0.05) is 0 Å². The zero-order valence-electron chi connectivity index (χ0n) is 11.7. The Labute approximate surface area is 118 Å². The van der Waals surface area contributed by atoms with Gasteiger partial charge in [0.15, 0.2) is 0 Å². The fourth-order valence-electron chi connectivity index (χ4n) is 3.55. The summed E-state index contributed by atoms with van der Waals surface area (Å²) in [7, 11) is 0. The van der Waals surface area contributed by atoms with Crippen LogP contribution in [0.1, 0.15) is 32.1 Å². The highest BCUT2D eigenvalue weighted by Gasteiger charge is 2.37. The Balaban J connectivity index is 1.50. The van der Waals surface area contributed by atoms with Gasteiger partial charge in [-0.05, 0) is 31.6 Å². The molecule has 2 bridgehead atoms. The van der Waals surface area contributed by atoms with Gasteiger partial charge in [-0.25, -0.2) is 4.79 Å². The molecule has 2 amide bonds. The smallest absolute Gasteiger partial charge is 0.320 e. The van der Waals surface area contributed by atoms with E-state index in [0.29, 0.717) is 26.2 Å². The molecule has 3 aliphatic heterocycles. The summed E-state index contributed by atoms with van der Waals surface area (Å²) in [5.41, 5.74) is 0. The quantitative estimate of drug-likeness (QED) is 0.825. The van der Waals surface area contributed by atoms with Crippen molar-refractivity contribution >= 4 is 12.0 Å². The maximum Gasteiger partial charge on any atom is 0.320 e. The van der Waals surface area contributed by atoms with Crippen molar-refractivity contribution < 1.29 is 19.4 Å². The number of likely N-dealkylation sites (tertiary alicyclic amines) is 2. The van der Waals surface area contributed by atoms with E-state index in [2.05, 4.69) is 0 Å². The number of ether oxygens (including phenoxy) is 1. The second kappa shape index (κ2) is 5.60. The SMILES string of the molecule is O=C(O)CC1CCN(C(=O)N2CC3CCC(C2)O3)CC1. The number of carboxylic acids is 1. The summed E-state index contributed by atoms with van der Waals surface area (Å²) in [5.74, 6) is -0.517. The predicted molar refractivity (Wildman–Crippen MR) is 71.4 cm³/mol. The molecule has 0 aromatic rings. The van der Waals surface area contributed by atoms with E-state index in [1.807, 2.05) is 9.80 Å². The van der Waals surface area contributed by atoms with E-state index in [4.69, 9.17) is 9.84 Å². The number of amides is 2. The maximum absolute atomic E-state index is 12.5. The van der Waals surface area contributed by atoms with E-state index >= 15 is 0 Å². The van der Waals surface area contributed by atoms with Crippen LogP contribution >= 0.6 is 0 Å². The molecule has 6 nitrogen and oxygen atoms in total. The summed E-state index contributed by atoms with van der Waals surface area (Å²) in [6.07, 6.45) is 4.41. The van der Waals surface area contributed by atoms with Crippen molar-refractivity contribution in [3.63, 3.8) is 0 Å². The molecule has 0 saturated carbocycles. The van der Waals surface area contributed by atoms with Crippen LogP contribution in [0, 0.1) is 5.92 Å². The number of carbonyl (C=O) groups excluding carboxylic acids is 1. The van der Waals surface area contributed by atoms with Crippen LogP contribution in [0.15, 0.2) is 0 Å². The fourth-order valence-corrected chi connectivity index (χ4v) is 3.55. The first-order chi connectivity index (χ1) is 9.61. The van der Waals surface area contributed by atoms with E-state index < -0.39 is 5.97 Å². The number of hydrogen-bond donors (Lipinski definition) is 1. The fraction of sp³-hybridized carbons (Fsp3) is 0.857. The van der Waals surface area contributed by atoms with Gasteiger partial charge >= 0.3 is 12.0 Å². The van der Waals surface area contributed by atoms with Crippen molar-refractivity contribution in [3.8, 4) is 0 Å². The van der Waals surface area contributed by atoms with Gasteiger partial charge in [-0.3, -0.25) is 4.79 Å². The largest absolute Gasteiger partial charge is 0.481 e. The van der Waals surface area contributed by atoms with Gasteiger partial charge in [0, 0.05) is 32.6 Å². The van der Waals surface area contributed by atoms with Crippen molar-refractivity contribution in [3.05, 3.63) is 0 Å². The Hall–Kier alpha value is -1.30. The second-order valence-electron chi connectivity index (χ2n) is 6.17. The summed E-state index contributed by atoms with van der Waals surface area (Å²) in [6.45, 7) is 2.79. The number of carboxylic acid groups (broad SMARTS) is 1. The molecule has 2 atom stereocenters. The van der Waals surface area contributed by atoms with Gasteiger partial charge in [0.1, 0.15) is 0 Å². The van der Waals surface area contributed by atoms with Gasteiger partial charge < -0.3 is 19.6 Å². The third-order valence-electron chi connectivity index (χ3n) is 4.66. The van der Waals surface area contributed by atoms with Crippen LogP contribution in [0.5, 0.6) is 0 Å². The van der Waals surface area contributed by atoms with Crippen LogP contribution in [-0.4, -0.2) is 65.3 Å². The van der Waals surface area contributed by atoms with Crippen LogP contribution < -0.4 is 0 Å². The monoisotopic (exact) mass is 282 g/mol. The third-order valence-corrected chi connectivity index (χ3v) is 4.66. The Kier molecular flexibility index (Phi) is 3.83. The van der Waals surface area contributed by atoms with Gasteiger partial charge in [-0.2, -0.15) is 0 Å². The molecule has 112 valence electrons. The van der Waals surface area contributed by atoms with E-state index in [-0.39, 0.29) is 30.6 Å². The average molecular weight is 282 g/mol. The first-order valence-corrected chi connectivity index (χ1v) is 7.53. The first kappa shape index (κ1) is 13.7. The molecule has 3 rings (SSSR count). The predicted octanol–water partition coefficient (Wildman–Crippen LogP) is 1.16. The number of morpholine rings is 1. The molecule has 3 heterocycles. The second-order valence-corrected chi connectivity index (χ2v) is 6.17. The molecule has 2 unspecified atom stereocenters. The lowest BCUT2D eigenvalue weighted by Gasteiger charge is -2.38. The molecular weight excluding hydrogens is 260 g/mol. The van der Waals surface area contributed by atoms with Crippen molar-refractivity contribution in [2.45, 2.75) is 44.3 Å². The molecule has 0 aliphatic carbocycles. The molecule has 1 N–H and O–H groups in total. The molecule has 3 fully saturated rings. The van der Waals surface area contributed by atoms with Gasteiger partial charge in [0.05, 0.1) is 12.2 Å². The van der Waals surface area contributed by atoms with Crippen molar-refractivity contribution in [2.75, 3.05) is 26.2 Å². The van der Waals surface area contributed by atoms with Gasteiger partial charge in [0.2, 0.25) is 0 Å². The summed E-state index contributed by atoms with van der Waals surface area (Å²) >= 11 is 0. The molecule has 0 aromatic heterocycles. The topological polar surface area (TPSA) is 70.1 Å². The molecule has 0 spiro atoms. The van der Waals surface area contributed by atoms with Crippen LogP contribution in [0.25, 0.3) is 0 Å². The zero-order valence-corrected chi connectivity index (χ0v) is 11.7. The zero-order chi connectivity index (χ0) is 14.1. The summed E-state index contributed by atoms with van der Waals surface area (Å²) in [5, 5.41) is 8.81. The van der Waals surface area contributed by atoms with Crippen LogP contribution in [0.2, 0.25) is 0 Å². The number of nitrogens with zero attached hydrogens (tertiary/aromatic N) is 2. The number of urea groups is 1. The van der Waals surface area contributed by atoms with E-state index in [0.717, 1.165) is 25.7 Å². The molecule has 0 aromatic carbocycles. The number of carbonyl (C=O) groups is 2. The van der Waals surface area contributed by atoms with Crippen molar-refractivity contribution in [1.82, 2.24) is 9.80 Å². The highest BCUT2D eigenvalue weighted by atomic mass is 16.5. The lowest BCUT2D eigenvalue weighted by molar-refractivity contribution is -0.138. The molecule has 0 radical (unpaired) electrons. The number of fused-ring (bicyclic) bond motifs is 2. The third kappa shape index (κ3) is 2.90. The highest BCUT2D eigenvalue weighted by Crippen LogP contribution is 2.28. The Morgan fingerprint density at radius 3 is 2.15 bits per heavy atom. The van der Waals surface area contributed by atoms with E-state index in [1.54, 1.807) is 0 Å². The Morgan fingerprint density at radius 2 is 1.60 bits per heavy atom. The normalized spacial score (nSPS) is 30.6. The number of piperidine rings is 1. The van der Waals surface area contributed by atoms with Crippen molar-refractivity contribution in [1.29, 1.82) is 0 Å². The number of rotatable bonds is 2. The molecule has 3 aliphatic rings. The lowest BCUT2D eigenvalue weighted by atomic mass is 9.94. The number of aliphatic carboxylic acids is 1. The van der Waals surface area contributed by atoms with Crippen LogP contribution in [0.4, 0.5) is 4.79 Å².